The zero-order valence-corrected chi connectivity index (χ0v) is 12.2. The molecule has 0 spiro atoms. The van der Waals surface area contributed by atoms with Crippen LogP contribution in [0, 0.1) is 0 Å². The van der Waals surface area contributed by atoms with Crippen molar-refractivity contribution in [1.82, 2.24) is 15.2 Å². The molecule has 5 nitrogen and oxygen atoms in total. The molecule has 2 heterocycles. The van der Waals surface area contributed by atoms with E-state index in [-0.39, 0.29) is 11.2 Å². The molecule has 21 heavy (non-hydrogen) atoms. The summed E-state index contributed by atoms with van der Waals surface area (Å²) in [6.45, 7) is 1.86. The predicted molar refractivity (Wildman–Crippen MR) is 84.3 cm³/mol. The third kappa shape index (κ3) is 3.05. The molecule has 6 heteroatoms. The van der Waals surface area contributed by atoms with Gasteiger partial charge in [-0.25, -0.2) is 4.98 Å². The summed E-state index contributed by atoms with van der Waals surface area (Å²) in [7, 11) is 0. The number of benzene rings is 1. The van der Waals surface area contributed by atoms with Crippen LogP contribution in [0.25, 0.3) is 10.9 Å². The summed E-state index contributed by atoms with van der Waals surface area (Å²) in [4.78, 5) is 16.5. The highest BCUT2D eigenvalue weighted by molar-refractivity contribution is 8.00. The molecular weight excluding hydrogens is 284 g/mol. The summed E-state index contributed by atoms with van der Waals surface area (Å²) in [5.41, 5.74) is 1.57. The number of H-pyrrole nitrogens is 1. The fourth-order valence-electron chi connectivity index (χ4n) is 1.96. The van der Waals surface area contributed by atoms with Crippen molar-refractivity contribution in [2.45, 2.75) is 17.2 Å². The summed E-state index contributed by atoms with van der Waals surface area (Å²) in [6, 6.07) is 11.4. The third-order valence-corrected chi connectivity index (χ3v) is 4.09. The number of carbonyl (C=O) groups is 1. The standard InChI is InChI=1S/C15H14N4OS/c1-10(21-13-7-2-3-8-16-13)15(20)18-12-6-4-5-11-9-17-19-14(11)12/h2-10H,1H3,(H,17,19)(H,18,20)/t10-/m0/s1. The van der Waals surface area contributed by atoms with Crippen molar-refractivity contribution in [3.05, 3.63) is 48.8 Å². The fraction of sp³-hybridized carbons (Fsp3) is 0.133. The van der Waals surface area contributed by atoms with Gasteiger partial charge in [0.2, 0.25) is 5.91 Å². The van der Waals surface area contributed by atoms with E-state index >= 15 is 0 Å². The van der Waals surface area contributed by atoms with Crippen LogP contribution in [0.1, 0.15) is 6.92 Å². The molecule has 0 radical (unpaired) electrons. The average Bonchev–Trinajstić information content (AvgIpc) is 2.98. The predicted octanol–water partition coefficient (Wildman–Crippen LogP) is 3.08. The van der Waals surface area contributed by atoms with Gasteiger partial charge in [0, 0.05) is 11.6 Å². The molecule has 3 aromatic rings. The lowest BCUT2D eigenvalue weighted by atomic mass is 10.2. The minimum Gasteiger partial charge on any atom is -0.323 e. The lowest BCUT2D eigenvalue weighted by molar-refractivity contribution is -0.115. The van der Waals surface area contributed by atoms with E-state index in [1.54, 1.807) is 12.4 Å². The van der Waals surface area contributed by atoms with Crippen molar-refractivity contribution in [1.29, 1.82) is 0 Å². The van der Waals surface area contributed by atoms with E-state index in [4.69, 9.17) is 0 Å². The van der Waals surface area contributed by atoms with Gasteiger partial charge in [-0.2, -0.15) is 5.10 Å². The summed E-state index contributed by atoms with van der Waals surface area (Å²) in [5, 5.41) is 11.4. The fourth-order valence-corrected chi connectivity index (χ4v) is 2.77. The molecule has 1 atom stereocenters. The Bertz CT molecular complexity index is 756. The second-order valence-corrected chi connectivity index (χ2v) is 5.92. The first-order chi connectivity index (χ1) is 10.2. The molecule has 1 amide bonds. The zero-order valence-electron chi connectivity index (χ0n) is 11.4. The van der Waals surface area contributed by atoms with Crippen LogP contribution in [0.15, 0.2) is 53.8 Å². The van der Waals surface area contributed by atoms with Crippen molar-refractivity contribution in [3.63, 3.8) is 0 Å². The maximum Gasteiger partial charge on any atom is 0.237 e. The van der Waals surface area contributed by atoms with E-state index in [0.29, 0.717) is 0 Å². The number of amides is 1. The Morgan fingerprint density at radius 3 is 3.00 bits per heavy atom. The molecule has 0 aliphatic heterocycles. The second kappa shape index (κ2) is 5.97. The number of thioether (sulfide) groups is 1. The number of carbonyl (C=O) groups excluding carboxylic acids is 1. The number of pyridine rings is 1. The third-order valence-electron chi connectivity index (χ3n) is 3.04. The van der Waals surface area contributed by atoms with Crippen LogP contribution in [0.2, 0.25) is 0 Å². The van der Waals surface area contributed by atoms with Crippen LogP contribution in [0.4, 0.5) is 5.69 Å². The van der Waals surface area contributed by atoms with Gasteiger partial charge in [0.1, 0.15) is 0 Å². The van der Waals surface area contributed by atoms with E-state index in [1.807, 2.05) is 43.3 Å². The Hall–Kier alpha value is -2.34. The number of fused-ring (bicyclic) bond motifs is 1. The van der Waals surface area contributed by atoms with Gasteiger partial charge in [0.05, 0.1) is 27.7 Å². The molecule has 0 bridgehead atoms. The van der Waals surface area contributed by atoms with Gasteiger partial charge >= 0.3 is 0 Å². The molecule has 2 aromatic heterocycles. The molecule has 0 unspecified atom stereocenters. The molecule has 0 saturated carbocycles. The van der Waals surface area contributed by atoms with E-state index in [2.05, 4.69) is 20.5 Å². The van der Waals surface area contributed by atoms with E-state index in [0.717, 1.165) is 21.6 Å². The van der Waals surface area contributed by atoms with Gasteiger partial charge in [-0.1, -0.05) is 30.0 Å². The number of nitrogens with zero attached hydrogens (tertiary/aromatic N) is 2. The number of rotatable bonds is 4. The van der Waals surface area contributed by atoms with Gasteiger partial charge in [0.25, 0.3) is 0 Å². The van der Waals surface area contributed by atoms with Crippen LogP contribution in [-0.4, -0.2) is 26.3 Å². The topological polar surface area (TPSA) is 70.7 Å². The minimum atomic E-state index is -0.238. The molecule has 0 aliphatic carbocycles. The van der Waals surface area contributed by atoms with Crippen LogP contribution in [0.5, 0.6) is 0 Å². The zero-order chi connectivity index (χ0) is 14.7. The van der Waals surface area contributed by atoms with Crippen molar-refractivity contribution < 1.29 is 4.79 Å². The monoisotopic (exact) mass is 298 g/mol. The molecule has 1 aromatic carbocycles. The molecular formula is C15H14N4OS. The summed E-state index contributed by atoms with van der Waals surface area (Å²) in [6.07, 6.45) is 3.45. The first-order valence-electron chi connectivity index (χ1n) is 6.54. The molecule has 0 fully saturated rings. The highest BCUT2D eigenvalue weighted by Crippen LogP contribution is 2.24. The average molecular weight is 298 g/mol. The van der Waals surface area contributed by atoms with E-state index < -0.39 is 0 Å². The number of aromatic amines is 1. The van der Waals surface area contributed by atoms with Crippen molar-refractivity contribution in [2.75, 3.05) is 5.32 Å². The van der Waals surface area contributed by atoms with Crippen molar-refractivity contribution >= 4 is 34.3 Å². The Morgan fingerprint density at radius 2 is 2.19 bits per heavy atom. The van der Waals surface area contributed by atoms with Gasteiger partial charge < -0.3 is 5.32 Å². The first kappa shape index (κ1) is 13.6. The number of para-hydroxylation sites is 1. The summed E-state index contributed by atoms with van der Waals surface area (Å²) in [5.74, 6) is -0.0623. The second-order valence-electron chi connectivity index (χ2n) is 4.56. The number of hydrogen-bond acceptors (Lipinski definition) is 4. The number of hydrogen-bond donors (Lipinski definition) is 2. The van der Waals surface area contributed by atoms with E-state index in [1.165, 1.54) is 11.8 Å². The highest BCUT2D eigenvalue weighted by Gasteiger charge is 2.16. The van der Waals surface area contributed by atoms with E-state index in [9.17, 15) is 4.79 Å². The maximum absolute atomic E-state index is 12.3. The molecule has 3 rings (SSSR count). The molecule has 0 saturated heterocycles. The Balaban J connectivity index is 1.72. The van der Waals surface area contributed by atoms with Gasteiger partial charge in [-0.15, -0.1) is 0 Å². The minimum absolute atomic E-state index is 0.0623. The van der Waals surface area contributed by atoms with Gasteiger partial charge in [-0.3, -0.25) is 9.89 Å². The first-order valence-corrected chi connectivity index (χ1v) is 7.42. The maximum atomic E-state index is 12.3. The molecule has 106 valence electrons. The van der Waals surface area contributed by atoms with Crippen molar-refractivity contribution in [2.24, 2.45) is 0 Å². The summed E-state index contributed by atoms with van der Waals surface area (Å²) < 4.78 is 0. The smallest absolute Gasteiger partial charge is 0.237 e. The number of aromatic nitrogens is 3. The van der Waals surface area contributed by atoms with Crippen LogP contribution < -0.4 is 5.32 Å². The Labute approximate surface area is 126 Å². The molecule has 2 N–H and O–H groups in total. The highest BCUT2D eigenvalue weighted by atomic mass is 32.2. The number of nitrogens with one attached hydrogen (secondary N) is 2. The van der Waals surface area contributed by atoms with Crippen molar-refractivity contribution in [3.8, 4) is 0 Å². The Kier molecular flexibility index (Phi) is 3.87. The lowest BCUT2D eigenvalue weighted by Gasteiger charge is -2.11. The van der Waals surface area contributed by atoms with Gasteiger partial charge in [0.15, 0.2) is 0 Å². The lowest BCUT2D eigenvalue weighted by Crippen LogP contribution is -2.22. The Morgan fingerprint density at radius 1 is 1.29 bits per heavy atom. The van der Waals surface area contributed by atoms with Crippen LogP contribution in [0.3, 0.4) is 0 Å². The largest absolute Gasteiger partial charge is 0.323 e. The normalized spacial score (nSPS) is 12.2. The summed E-state index contributed by atoms with van der Waals surface area (Å²) >= 11 is 1.43. The van der Waals surface area contributed by atoms with Crippen LogP contribution in [-0.2, 0) is 4.79 Å². The quantitative estimate of drug-likeness (QED) is 0.726. The van der Waals surface area contributed by atoms with Gasteiger partial charge in [-0.05, 0) is 25.1 Å². The van der Waals surface area contributed by atoms with Crippen LogP contribution >= 0.6 is 11.8 Å². The SMILES string of the molecule is C[C@H](Sc1ccccn1)C(=O)Nc1cccc2cn[nH]c12. The molecule has 0 aliphatic rings. The number of anilines is 1.